The van der Waals surface area contributed by atoms with Crippen molar-refractivity contribution in [3.8, 4) is 0 Å². The lowest BCUT2D eigenvalue weighted by atomic mass is 10.2. The minimum Gasteiger partial charge on any atom is -0.378 e. The van der Waals surface area contributed by atoms with Gasteiger partial charge >= 0.3 is 5.91 Å². The van der Waals surface area contributed by atoms with Crippen molar-refractivity contribution in [2.75, 3.05) is 13.7 Å². The van der Waals surface area contributed by atoms with E-state index in [4.69, 9.17) is 16.5 Å². The van der Waals surface area contributed by atoms with Gasteiger partial charge < -0.3 is 4.74 Å². The summed E-state index contributed by atoms with van der Waals surface area (Å²) < 4.78 is 4.88. The number of amides is 1. The summed E-state index contributed by atoms with van der Waals surface area (Å²) in [5, 5.41) is 0. The van der Waals surface area contributed by atoms with Crippen molar-refractivity contribution in [2.45, 2.75) is 26.3 Å². The van der Waals surface area contributed by atoms with E-state index >= 15 is 0 Å². The number of halogens is 1. The number of methoxy groups -OCH3 is 1. The maximum Gasteiger partial charge on any atom is 0.336 e. The van der Waals surface area contributed by atoms with Crippen LogP contribution in [0.1, 0.15) is 20.3 Å². The molecule has 1 rings (SSSR count). The first kappa shape index (κ1) is 14.2. The Morgan fingerprint density at radius 2 is 2.00 bits per heavy atom. The molecular formula is C13H19ClNO2+. The molecule has 17 heavy (non-hydrogen) atoms. The predicted octanol–water partition coefficient (Wildman–Crippen LogP) is 3.12. The van der Waals surface area contributed by atoms with Crippen LogP contribution in [0.5, 0.6) is 0 Å². The summed E-state index contributed by atoms with van der Waals surface area (Å²) in [6, 6.07) is 9.28. The normalized spacial score (nSPS) is 16.2. The number of quaternary nitrogens is 1. The lowest BCUT2D eigenvalue weighted by Crippen LogP contribution is -2.53. The smallest absolute Gasteiger partial charge is 0.336 e. The van der Waals surface area contributed by atoms with Crippen LogP contribution >= 0.6 is 11.8 Å². The molecule has 3 nitrogen and oxygen atoms in total. The first-order chi connectivity index (χ1) is 8.07. The van der Waals surface area contributed by atoms with Gasteiger partial charge in [0.2, 0.25) is 0 Å². The minimum atomic E-state index is -0.231. The first-order valence-corrected chi connectivity index (χ1v) is 6.07. The van der Waals surface area contributed by atoms with Crippen molar-refractivity contribution in [2.24, 2.45) is 0 Å². The molecule has 0 N–H and O–H groups in total. The van der Waals surface area contributed by atoms with Crippen LogP contribution < -0.4 is 4.00 Å². The Morgan fingerprint density at radius 1 is 1.41 bits per heavy atom. The average Bonchev–Trinajstić information content (AvgIpc) is 2.38. The number of para-hydroxylation sites is 1. The molecule has 2 atom stereocenters. The van der Waals surface area contributed by atoms with E-state index in [1.54, 1.807) is 7.11 Å². The Bertz CT molecular complexity index is 369. The molecule has 0 fully saturated rings. The Labute approximate surface area is 108 Å². The second kappa shape index (κ2) is 6.15. The minimum absolute atomic E-state index is 0.0255. The van der Waals surface area contributed by atoms with Crippen molar-refractivity contribution in [3.05, 3.63) is 30.3 Å². The zero-order chi connectivity index (χ0) is 12.9. The highest BCUT2D eigenvalue weighted by molar-refractivity contribution is 6.31. The summed E-state index contributed by atoms with van der Waals surface area (Å²) in [6.45, 7) is 4.17. The van der Waals surface area contributed by atoms with E-state index in [0.717, 1.165) is 5.69 Å². The van der Waals surface area contributed by atoms with Crippen molar-refractivity contribution in [1.29, 1.82) is 0 Å². The third-order valence-corrected chi connectivity index (χ3v) is 3.53. The number of carbonyl (C=O) groups excluding carboxylic acids is 1. The van der Waals surface area contributed by atoms with Crippen LogP contribution in [0.2, 0.25) is 0 Å². The molecule has 0 spiro atoms. The van der Waals surface area contributed by atoms with Crippen molar-refractivity contribution in [3.63, 3.8) is 0 Å². The van der Waals surface area contributed by atoms with E-state index < -0.39 is 0 Å². The van der Waals surface area contributed by atoms with Gasteiger partial charge in [-0.3, -0.25) is 0 Å². The summed E-state index contributed by atoms with van der Waals surface area (Å²) in [6.07, 6.45) is 0.395. The second-order valence-electron chi connectivity index (χ2n) is 4.02. The topological polar surface area (TPSA) is 26.3 Å². The monoisotopic (exact) mass is 256 g/mol. The van der Waals surface area contributed by atoms with Gasteiger partial charge in [0.15, 0.2) is 17.5 Å². The predicted molar refractivity (Wildman–Crippen MR) is 70.7 cm³/mol. The highest BCUT2D eigenvalue weighted by atomic mass is 35.5. The fourth-order valence-corrected chi connectivity index (χ4v) is 2.15. The summed E-state index contributed by atoms with van der Waals surface area (Å²) in [4.78, 5) is 12.1. The number of ether oxygens (including phenoxy) is 1. The molecule has 1 amide bonds. The molecule has 94 valence electrons. The van der Waals surface area contributed by atoms with Gasteiger partial charge in [0, 0.05) is 19.2 Å². The van der Waals surface area contributed by atoms with Gasteiger partial charge in [-0.05, 0) is 6.92 Å². The van der Waals surface area contributed by atoms with Crippen LogP contribution in [0.4, 0.5) is 5.69 Å². The van der Waals surface area contributed by atoms with E-state index in [1.165, 1.54) is 0 Å². The van der Waals surface area contributed by atoms with Crippen LogP contribution in [-0.2, 0) is 9.53 Å². The van der Waals surface area contributed by atoms with Gasteiger partial charge in [0.05, 0.1) is 6.42 Å². The van der Waals surface area contributed by atoms with E-state index in [2.05, 4.69) is 0 Å². The van der Waals surface area contributed by atoms with Gasteiger partial charge in [-0.15, -0.1) is 4.00 Å². The Balaban J connectivity index is 3.15. The van der Waals surface area contributed by atoms with Gasteiger partial charge in [0.25, 0.3) is 0 Å². The quantitative estimate of drug-likeness (QED) is 0.757. The molecule has 1 aromatic rings. The number of hydrogen-bond acceptors (Lipinski definition) is 2. The van der Waals surface area contributed by atoms with Crippen LogP contribution in [0.3, 0.4) is 0 Å². The molecule has 0 bridgehead atoms. The molecule has 0 aliphatic rings. The highest BCUT2D eigenvalue weighted by Crippen LogP contribution is 2.31. The Morgan fingerprint density at radius 3 is 2.47 bits per heavy atom. The third-order valence-electron chi connectivity index (χ3n) is 2.81. The SMILES string of the molecule is CCC(=O)[N+](Cl)(c1ccccc1)C(C)COC. The lowest BCUT2D eigenvalue weighted by Gasteiger charge is -2.31. The lowest BCUT2D eigenvalue weighted by molar-refractivity contribution is -0.127. The number of hydrogen-bond donors (Lipinski definition) is 0. The molecule has 2 unspecified atom stereocenters. The Hall–Kier alpha value is -0.900. The summed E-state index contributed by atoms with van der Waals surface area (Å²) in [7, 11) is 1.61. The summed E-state index contributed by atoms with van der Waals surface area (Å²) in [5.74, 6) is -0.0255. The molecule has 0 radical (unpaired) electrons. The molecule has 0 saturated carbocycles. The molecule has 1 aromatic carbocycles. The van der Waals surface area contributed by atoms with Crippen LogP contribution in [0.15, 0.2) is 30.3 Å². The number of carbonyl (C=O) groups is 1. The molecule has 0 saturated heterocycles. The third kappa shape index (κ3) is 2.86. The fraction of sp³-hybridized carbons (Fsp3) is 0.462. The van der Waals surface area contributed by atoms with Gasteiger partial charge in [0.1, 0.15) is 12.6 Å². The van der Waals surface area contributed by atoms with Crippen molar-refractivity contribution in [1.82, 2.24) is 4.00 Å². The molecule has 0 aromatic heterocycles. The van der Waals surface area contributed by atoms with Crippen LogP contribution in [0, 0.1) is 0 Å². The zero-order valence-corrected chi connectivity index (χ0v) is 11.3. The first-order valence-electron chi connectivity index (χ1n) is 5.73. The summed E-state index contributed by atoms with van der Waals surface area (Å²) in [5.41, 5.74) is 0.783. The molecule has 0 heterocycles. The number of nitrogens with zero attached hydrogens (tertiary/aromatic N) is 1. The van der Waals surface area contributed by atoms with Gasteiger partial charge in [-0.1, -0.05) is 25.1 Å². The summed E-state index contributed by atoms with van der Waals surface area (Å²) >= 11 is 6.55. The maximum absolute atomic E-state index is 12.1. The highest BCUT2D eigenvalue weighted by Gasteiger charge is 2.42. The van der Waals surface area contributed by atoms with E-state index in [-0.39, 0.29) is 16.0 Å². The van der Waals surface area contributed by atoms with Gasteiger partial charge in [-0.2, -0.15) is 0 Å². The second-order valence-corrected chi connectivity index (χ2v) is 4.56. The molecule has 0 aliphatic heterocycles. The van der Waals surface area contributed by atoms with E-state index in [0.29, 0.717) is 13.0 Å². The fourth-order valence-electron chi connectivity index (χ4n) is 1.86. The van der Waals surface area contributed by atoms with E-state index in [9.17, 15) is 4.79 Å². The Kier molecular flexibility index (Phi) is 5.12. The van der Waals surface area contributed by atoms with E-state index in [1.807, 2.05) is 44.2 Å². The maximum atomic E-state index is 12.1. The molecular weight excluding hydrogens is 238 g/mol. The number of benzene rings is 1. The largest absolute Gasteiger partial charge is 0.378 e. The molecule has 4 heteroatoms. The van der Waals surface area contributed by atoms with Crippen LogP contribution in [-0.4, -0.2) is 25.7 Å². The van der Waals surface area contributed by atoms with Gasteiger partial charge in [-0.25, -0.2) is 4.79 Å². The van der Waals surface area contributed by atoms with Crippen molar-refractivity contribution >= 4 is 23.4 Å². The standard InChI is InChI=1S/C13H19ClNO2/c1-4-13(16)15(14,11(2)10-17-3)12-8-6-5-7-9-12/h5-9,11H,4,10H2,1-3H3/q+1. The average molecular weight is 257 g/mol. The van der Waals surface area contributed by atoms with Crippen LogP contribution in [0.25, 0.3) is 0 Å². The molecule has 0 aliphatic carbocycles. The van der Waals surface area contributed by atoms with Crippen molar-refractivity contribution < 1.29 is 9.53 Å². The number of rotatable bonds is 5. The zero-order valence-electron chi connectivity index (χ0n) is 10.5.